The molecule has 34 heavy (non-hydrogen) atoms. The van der Waals surface area contributed by atoms with Crippen LogP contribution >= 0.6 is 0 Å². The van der Waals surface area contributed by atoms with Crippen LogP contribution in [0.15, 0.2) is 30.5 Å². The van der Waals surface area contributed by atoms with E-state index in [-0.39, 0.29) is 11.9 Å². The second kappa shape index (κ2) is 8.54. The number of carbonyl (C=O) groups is 1. The molecule has 3 aromatic heterocycles. The van der Waals surface area contributed by atoms with Crippen molar-refractivity contribution in [2.45, 2.75) is 38.8 Å². The van der Waals surface area contributed by atoms with Gasteiger partial charge in [0.05, 0.1) is 24.7 Å². The van der Waals surface area contributed by atoms with E-state index in [2.05, 4.69) is 20.4 Å². The van der Waals surface area contributed by atoms with E-state index >= 15 is 0 Å². The van der Waals surface area contributed by atoms with Crippen molar-refractivity contribution in [3.63, 3.8) is 0 Å². The fourth-order valence-electron chi connectivity index (χ4n) is 4.52. The van der Waals surface area contributed by atoms with Gasteiger partial charge in [-0.2, -0.15) is 4.98 Å². The largest absolute Gasteiger partial charge is 0.479 e. The molecule has 1 aliphatic heterocycles. The first-order valence-electron chi connectivity index (χ1n) is 11.0. The van der Waals surface area contributed by atoms with Crippen LogP contribution in [0.4, 0.5) is 14.7 Å². The number of carbonyl (C=O) groups excluding carboxylic acids is 1. The average Bonchev–Trinajstić information content (AvgIpc) is 3.36. The monoisotopic (exact) mass is 469 g/mol. The van der Waals surface area contributed by atoms with Crippen molar-refractivity contribution in [3.05, 3.63) is 36.3 Å². The van der Waals surface area contributed by atoms with E-state index in [0.717, 1.165) is 11.1 Å². The molecule has 4 aromatic rings. The quantitative estimate of drug-likeness (QED) is 0.466. The summed E-state index contributed by atoms with van der Waals surface area (Å²) in [6.07, 6.45) is 0.514. The summed E-state index contributed by atoms with van der Waals surface area (Å²) in [4.78, 5) is 22.4. The summed E-state index contributed by atoms with van der Waals surface area (Å²) in [5, 5.41) is 7.89. The molecule has 0 aliphatic carbocycles. The molecule has 11 heteroatoms. The van der Waals surface area contributed by atoms with E-state index in [1.165, 1.54) is 4.57 Å². The Morgan fingerprint density at radius 2 is 2.09 bits per heavy atom. The fourth-order valence-corrected chi connectivity index (χ4v) is 4.52. The number of hydrogen-bond acceptors (Lipinski definition) is 6. The lowest BCUT2D eigenvalue weighted by atomic mass is 10.1. The Balaban J connectivity index is 1.52. The molecule has 1 aromatic carbocycles. The maximum atomic E-state index is 13.1. The molecule has 5 rings (SSSR count). The van der Waals surface area contributed by atoms with Gasteiger partial charge >= 0.3 is 0 Å². The number of rotatable bonds is 6. The Kier molecular flexibility index (Phi) is 5.54. The molecule has 1 atom stereocenters. The average molecular weight is 469 g/mol. The van der Waals surface area contributed by atoms with Crippen molar-refractivity contribution in [2.75, 3.05) is 26.0 Å². The van der Waals surface area contributed by atoms with Crippen LogP contribution in [-0.4, -0.2) is 68.1 Å². The molecule has 0 saturated carbocycles. The molecule has 1 aliphatic rings. The molecule has 1 fully saturated rings. The number of ether oxygens (including phenoxy) is 1. The topological polar surface area (TPSA) is 89.6 Å². The van der Waals surface area contributed by atoms with Gasteiger partial charge in [-0.3, -0.25) is 4.79 Å². The van der Waals surface area contributed by atoms with Crippen molar-refractivity contribution >= 4 is 28.4 Å². The number of hydrogen-bond donors (Lipinski definition) is 1. The highest BCUT2D eigenvalue weighted by Crippen LogP contribution is 2.33. The van der Waals surface area contributed by atoms with Gasteiger partial charge < -0.3 is 19.5 Å². The number of nitrogens with one attached hydrogen (secondary N) is 1. The number of piperidine rings is 1. The van der Waals surface area contributed by atoms with Crippen LogP contribution in [0.3, 0.4) is 0 Å². The van der Waals surface area contributed by atoms with Crippen LogP contribution in [0, 0.1) is 6.92 Å². The second-order valence-electron chi connectivity index (χ2n) is 8.49. The van der Waals surface area contributed by atoms with Crippen molar-refractivity contribution in [1.82, 2.24) is 29.0 Å². The number of aromatic nitrogens is 5. The van der Waals surface area contributed by atoms with Gasteiger partial charge in [0.15, 0.2) is 0 Å². The number of fused-ring (bicyclic) bond motifs is 2. The van der Waals surface area contributed by atoms with E-state index in [1.807, 2.05) is 30.5 Å². The third kappa shape index (κ3) is 3.91. The zero-order chi connectivity index (χ0) is 24.0. The summed E-state index contributed by atoms with van der Waals surface area (Å²) < 4.78 is 35.1. The number of likely N-dealkylation sites (tertiary alicyclic amines) is 1. The number of methoxy groups -OCH3 is 1. The summed E-state index contributed by atoms with van der Waals surface area (Å²) >= 11 is 0. The number of aryl methyl sites for hydroxylation is 1. The molecule has 0 bridgehead atoms. The SMILES string of the molecule is COc1nc(NC2CCC(=O)N(C)C2)nn2ccc(-c3ccc4nc(C)n(CC(F)F)c4c3)c12. The number of nitrogens with zero attached hydrogens (tertiary/aromatic N) is 6. The van der Waals surface area contributed by atoms with Gasteiger partial charge in [-0.1, -0.05) is 6.07 Å². The van der Waals surface area contributed by atoms with E-state index < -0.39 is 13.0 Å². The first-order chi connectivity index (χ1) is 16.3. The predicted octanol–water partition coefficient (Wildman–Crippen LogP) is 3.36. The third-order valence-corrected chi connectivity index (χ3v) is 6.20. The molecule has 9 nitrogen and oxygen atoms in total. The highest BCUT2D eigenvalue weighted by molar-refractivity contribution is 5.90. The highest BCUT2D eigenvalue weighted by atomic mass is 19.3. The number of halogens is 2. The lowest BCUT2D eigenvalue weighted by molar-refractivity contribution is -0.132. The summed E-state index contributed by atoms with van der Waals surface area (Å²) in [5.74, 6) is 1.46. The van der Waals surface area contributed by atoms with E-state index in [9.17, 15) is 13.6 Å². The lowest BCUT2D eigenvalue weighted by Gasteiger charge is -2.30. The maximum absolute atomic E-state index is 13.1. The summed E-state index contributed by atoms with van der Waals surface area (Å²) in [6.45, 7) is 1.89. The number of likely N-dealkylation sites (N-methyl/N-ethyl adjacent to an activating group) is 1. The lowest BCUT2D eigenvalue weighted by Crippen LogP contribution is -2.43. The van der Waals surface area contributed by atoms with Crippen LogP contribution in [0.25, 0.3) is 27.7 Å². The zero-order valence-electron chi connectivity index (χ0n) is 19.1. The molecular weight excluding hydrogens is 444 g/mol. The predicted molar refractivity (Wildman–Crippen MR) is 123 cm³/mol. The van der Waals surface area contributed by atoms with Gasteiger partial charge in [-0.05, 0) is 37.1 Å². The molecule has 4 heterocycles. The van der Waals surface area contributed by atoms with Crippen LogP contribution in [-0.2, 0) is 11.3 Å². The summed E-state index contributed by atoms with van der Waals surface area (Å²) in [6, 6.07) is 7.52. The van der Waals surface area contributed by atoms with Gasteiger partial charge in [0, 0.05) is 37.8 Å². The summed E-state index contributed by atoms with van der Waals surface area (Å²) in [5.41, 5.74) is 3.61. The van der Waals surface area contributed by atoms with Crippen molar-refractivity contribution in [2.24, 2.45) is 0 Å². The zero-order valence-corrected chi connectivity index (χ0v) is 19.1. The van der Waals surface area contributed by atoms with E-state index in [1.54, 1.807) is 30.5 Å². The van der Waals surface area contributed by atoms with Crippen LogP contribution < -0.4 is 10.1 Å². The minimum Gasteiger partial charge on any atom is -0.479 e. The van der Waals surface area contributed by atoms with E-state index in [0.29, 0.717) is 53.6 Å². The molecule has 1 amide bonds. The number of imidazole rings is 1. The van der Waals surface area contributed by atoms with Crippen molar-refractivity contribution < 1.29 is 18.3 Å². The fraction of sp³-hybridized carbons (Fsp3) is 0.391. The van der Waals surface area contributed by atoms with Gasteiger partial charge in [0.2, 0.25) is 17.7 Å². The van der Waals surface area contributed by atoms with Gasteiger partial charge in [-0.25, -0.2) is 18.3 Å². The normalized spacial score (nSPS) is 16.7. The molecule has 178 valence electrons. The molecule has 0 spiro atoms. The highest BCUT2D eigenvalue weighted by Gasteiger charge is 2.24. The van der Waals surface area contributed by atoms with Crippen LogP contribution in [0.1, 0.15) is 18.7 Å². The van der Waals surface area contributed by atoms with Crippen molar-refractivity contribution in [3.8, 4) is 17.0 Å². The number of anilines is 1. The third-order valence-electron chi connectivity index (χ3n) is 6.20. The molecule has 1 unspecified atom stereocenters. The minimum absolute atomic E-state index is 0.0423. The number of benzene rings is 1. The van der Waals surface area contributed by atoms with Gasteiger partial charge in [0.25, 0.3) is 6.43 Å². The molecule has 0 radical (unpaired) electrons. The number of alkyl halides is 2. The minimum atomic E-state index is -2.48. The molecule has 1 saturated heterocycles. The van der Waals surface area contributed by atoms with E-state index in [4.69, 9.17) is 4.74 Å². The van der Waals surface area contributed by atoms with Gasteiger partial charge in [0.1, 0.15) is 11.3 Å². The Morgan fingerprint density at radius 1 is 1.26 bits per heavy atom. The standard InChI is InChI=1S/C23H25F2N7O2/c1-13-26-17-6-4-14(10-18(17)31(13)12-19(24)25)16-8-9-32-21(16)22(34-3)28-23(29-32)27-15-5-7-20(33)30(2)11-15/h4,6,8-10,15,19H,5,7,11-12H2,1-3H3,(H,27,29). The first kappa shape index (κ1) is 22.1. The first-order valence-corrected chi connectivity index (χ1v) is 11.0. The Labute approximate surface area is 194 Å². The van der Waals surface area contributed by atoms with Crippen molar-refractivity contribution in [1.29, 1.82) is 0 Å². The molecular formula is C23H25F2N7O2. The van der Waals surface area contributed by atoms with Crippen LogP contribution in [0.5, 0.6) is 5.88 Å². The second-order valence-corrected chi connectivity index (χ2v) is 8.49. The van der Waals surface area contributed by atoms with Gasteiger partial charge in [-0.15, -0.1) is 5.10 Å². The Bertz CT molecular complexity index is 1380. The Hall–Kier alpha value is -3.76. The van der Waals surface area contributed by atoms with Crippen LogP contribution in [0.2, 0.25) is 0 Å². The smallest absolute Gasteiger partial charge is 0.256 e. The maximum Gasteiger partial charge on any atom is 0.256 e. The molecule has 1 N–H and O–H groups in total. The Morgan fingerprint density at radius 3 is 2.82 bits per heavy atom. The summed E-state index contributed by atoms with van der Waals surface area (Å²) in [7, 11) is 3.32. The number of amides is 1.